The summed E-state index contributed by atoms with van der Waals surface area (Å²) in [5.41, 5.74) is 7.55. The lowest BCUT2D eigenvalue weighted by molar-refractivity contribution is 0.974. The van der Waals surface area contributed by atoms with Crippen molar-refractivity contribution in [3.63, 3.8) is 0 Å². The van der Waals surface area contributed by atoms with Crippen molar-refractivity contribution >= 4 is 22.5 Å². The normalized spacial score (nSPS) is 11.0. The minimum absolute atomic E-state index is 0.773. The summed E-state index contributed by atoms with van der Waals surface area (Å²) in [6.07, 6.45) is 4.70. The van der Waals surface area contributed by atoms with Crippen molar-refractivity contribution in [2.75, 3.05) is 5.73 Å². The molecular weight excluding hydrogens is 218 g/mol. The van der Waals surface area contributed by atoms with Gasteiger partial charge in [-0.2, -0.15) is 0 Å². The summed E-state index contributed by atoms with van der Waals surface area (Å²) in [6, 6.07) is 8.02. The van der Waals surface area contributed by atoms with E-state index < -0.39 is 0 Å². The average Bonchev–Trinajstić information content (AvgIpc) is 2.89. The van der Waals surface area contributed by atoms with Crippen LogP contribution in [0.5, 0.6) is 0 Å². The topological polar surface area (TPSA) is 43.3 Å². The van der Waals surface area contributed by atoms with Crippen LogP contribution in [0.2, 0.25) is 0 Å². The number of imidazole rings is 1. The van der Waals surface area contributed by atoms with Crippen LogP contribution in [0.25, 0.3) is 5.52 Å². The molecule has 3 rings (SSSR count). The van der Waals surface area contributed by atoms with Crippen molar-refractivity contribution < 1.29 is 0 Å². The fourth-order valence-electron chi connectivity index (χ4n) is 1.77. The molecule has 0 aromatic carbocycles. The first-order chi connectivity index (χ1) is 7.83. The molecule has 0 spiro atoms. The summed E-state index contributed by atoms with van der Waals surface area (Å²) in [5.74, 6) is 1.05. The molecule has 3 aromatic rings. The predicted molar refractivity (Wildman–Crippen MR) is 66.7 cm³/mol. The summed E-state index contributed by atoms with van der Waals surface area (Å²) < 4.78 is 2.08. The number of rotatable bonds is 2. The predicted octanol–water partition coefficient (Wildman–Crippen LogP) is 2.57. The van der Waals surface area contributed by atoms with Gasteiger partial charge in [-0.3, -0.25) is 0 Å². The second-order valence-electron chi connectivity index (χ2n) is 3.69. The van der Waals surface area contributed by atoms with Crippen molar-refractivity contribution in [2.45, 2.75) is 6.42 Å². The van der Waals surface area contributed by atoms with Crippen LogP contribution in [0.15, 0.2) is 42.0 Å². The molecule has 0 unspecified atom stereocenters. The highest BCUT2D eigenvalue weighted by molar-refractivity contribution is 7.09. The summed E-state index contributed by atoms with van der Waals surface area (Å²) in [5, 5.41) is 2.09. The molecule has 0 aliphatic heterocycles. The molecule has 0 aliphatic carbocycles. The Bertz CT molecular complexity index is 610. The van der Waals surface area contributed by atoms with Gasteiger partial charge in [0, 0.05) is 23.2 Å². The van der Waals surface area contributed by atoms with Crippen LogP contribution in [-0.4, -0.2) is 9.38 Å². The lowest BCUT2D eigenvalue weighted by atomic mass is 10.3. The van der Waals surface area contributed by atoms with Crippen LogP contribution in [0.4, 0.5) is 5.69 Å². The molecule has 2 N–H and O–H groups in total. The Morgan fingerprint density at radius 3 is 3.12 bits per heavy atom. The number of hydrogen-bond donors (Lipinski definition) is 1. The first kappa shape index (κ1) is 9.42. The van der Waals surface area contributed by atoms with Gasteiger partial charge >= 0.3 is 0 Å². The van der Waals surface area contributed by atoms with Crippen molar-refractivity contribution in [1.29, 1.82) is 0 Å². The zero-order chi connectivity index (χ0) is 11.0. The Labute approximate surface area is 97.2 Å². The van der Waals surface area contributed by atoms with E-state index in [1.54, 1.807) is 11.3 Å². The summed E-state index contributed by atoms with van der Waals surface area (Å²) in [6.45, 7) is 0. The van der Waals surface area contributed by atoms with Gasteiger partial charge in [-0.15, -0.1) is 11.3 Å². The summed E-state index contributed by atoms with van der Waals surface area (Å²) >= 11 is 1.75. The van der Waals surface area contributed by atoms with Gasteiger partial charge in [-0.05, 0) is 23.6 Å². The minimum Gasteiger partial charge on any atom is -0.399 e. The quantitative estimate of drug-likeness (QED) is 0.734. The maximum atomic E-state index is 5.73. The number of anilines is 1. The number of fused-ring (bicyclic) bond motifs is 1. The molecule has 0 bridgehead atoms. The number of thiophene rings is 1. The van der Waals surface area contributed by atoms with Gasteiger partial charge in [0.25, 0.3) is 0 Å². The fraction of sp³-hybridized carbons (Fsp3) is 0.0833. The number of nitrogens with two attached hydrogens (primary N) is 1. The van der Waals surface area contributed by atoms with Crippen molar-refractivity contribution in [2.24, 2.45) is 0 Å². The Hall–Kier alpha value is -1.81. The second-order valence-corrected chi connectivity index (χ2v) is 4.72. The smallest absolute Gasteiger partial charge is 0.118 e. The Morgan fingerprint density at radius 1 is 1.38 bits per heavy atom. The third kappa shape index (κ3) is 1.57. The van der Waals surface area contributed by atoms with Crippen LogP contribution in [0.3, 0.4) is 0 Å². The molecule has 3 nitrogen and oxygen atoms in total. The molecular formula is C12H11N3S. The first-order valence-electron chi connectivity index (χ1n) is 5.07. The first-order valence-corrected chi connectivity index (χ1v) is 5.95. The lowest BCUT2D eigenvalue weighted by Gasteiger charge is -2.00. The maximum absolute atomic E-state index is 5.73. The molecule has 3 heterocycles. The highest BCUT2D eigenvalue weighted by Crippen LogP contribution is 2.16. The standard InChI is InChI=1S/C12H11N3S/c13-9-3-4-15-10(6-9)8-14-12(15)7-11-2-1-5-16-11/h1-6,8H,7,13H2. The van der Waals surface area contributed by atoms with Gasteiger partial charge in [0.15, 0.2) is 0 Å². The van der Waals surface area contributed by atoms with Gasteiger partial charge < -0.3 is 10.1 Å². The molecule has 0 saturated carbocycles. The second kappa shape index (κ2) is 3.64. The number of hydrogen-bond acceptors (Lipinski definition) is 3. The molecule has 0 saturated heterocycles. The molecule has 16 heavy (non-hydrogen) atoms. The van der Waals surface area contributed by atoms with E-state index in [0.717, 1.165) is 23.4 Å². The van der Waals surface area contributed by atoms with E-state index in [1.165, 1.54) is 4.88 Å². The highest BCUT2D eigenvalue weighted by atomic mass is 32.1. The van der Waals surface area contributed by atoms with E-state index in [0.29, 0.717) is 0 Å². The number of nitrogen functional groups attached to an aromatic ring is 1. The van der Waals surface area contributed by atoms with Crippen LogP contribution in [0.1, 0.15) is 10.7 Å². The molecule has 0 amide bonds. The lowest BCUT2D eigenvalue weighted by Crippen LogP contribution is -1.95. The molecule has 80 valence electrons. The number of aromatic nitrogens is 2. The largest absolute Gasteiger partial charge is 0.399 e. The van der Waals surface area contributed by atoms with E-state index >= 15 is 0 Å². The fourth-order valence-corrected chi connectivity index (χ4v) is 2.47. The zero-order valence-electron chi connectivity index (χ0n) is 8.63. The monoisotopic (exact) mass is 229 g/mol. The van der Waals surface area contributed by atoms with Crippen molar-refractivity contribution in [3.8, 4) is 0 Å². The SMILES string of the molecule is Nc1ccn2c(Cc3cccs3)ncc2c1. The zero-order valence-corrected chi connectivity index (χ0v) is 9.45. The van der Waals surface area contributed by atoms with Gasteiger partial charge in [-0.1, -0.05) is 6.07 Å². The number of pyridine rings is 1. The van der Waals surface area contributed by atoms with E-state index in [9.17, 15) is 0 Å². The molecule has 0 radical (unpaired) electrons. The molecule has 4 heteroatoms. The van der Waals surface area contributed by atoms with Gasteiger partial charge in [-0.25, -0.2) is 4.98 Å². The van der Waals surface area contributed by atoms with Crippen LogP contribution < -0.4 is 5.73 Å². The molecule has 0 aliphatic rings. The highest BCUT2D eigenvalue weighted by Gasteiger charge is 2.05. The molecule has 0 atom stereocenters. The molecule has 0 fully saturated rings. The van der Waals surface area contributed by atoms with E-state index in [-0.39, 0.29) is 0 Å². The average molecular weight is 229 g/mol. The van der Waals surface area contributed by atoms with Crippen molar-refractivity contribution in [1.82, 2.24) is 9.38 Å². The van der Waals surface area contributed by atoms with Crippen LogP contribution in [-0.2, 0) is 6.42 Å². The maximum Gasteiger partial charge on any atom is 0.118 e. The third-order valence-electron chi connectivity index (χ3n) is 2.55. The van der Waals surface area contributed by atoms with E-state index in [1.807, 2.05) is 24.5 Å². The van der Waals surface area contributed by atoms with Gasteiger partial charge in [0.1, 0.15) is 5.82 Å². The van der Waals surface area contributed by atoms with E-state index in [2.05, 4.69) is 26.9 Å². The Kier molecular flexibility index (Phi) is 2.15. The summed E-state index contributed by atoms with van der Waals surface area (Å²) in [4.78, 5) is 5.75. The Balaban J connectivity index is 2.04. The van der Waals surface area contributed by atoms with Crippen LogP contribution in [0, 0.1) is 0 Å². The third-order valence-corrected chi connectivity index (χ3v) is 3.42. The van der Waals surface area contributed by atoms with Gasteiger partial charge in [0.2, 0.25) is 0 Å². The molecule has 3 aromatic heterocycles. The summed E-state index contributed by atoms with van der Waals surface area (Å²) in [7, 11) is 0. The van der Waals surface area contributed by atoms with Crippen LogP contribution >= 0.6 is 11.3 Å². The van der Waals surface area contributed by atoms with Crippen molar-refractivity contribution in [3.05, 3.63) is 52.7 Å². The van der Waals surface area contributed by atoms with E-state index in [4.69, 9.17) is 5.73 Å². The minimum atomic E-state index is 0.773. The van der Waals surface area contributed by atoms with Gasteiger partial charge in [0.05, 0.1) is 11.7 Å². The Morgan fingerprint density at radius 2 is 2.31 bits per heavy atom. The number of nitrogens with zero attached hydrogens (tertiary/aromatic N) is 2.